The second kappa shape index (κ2) is 15.5. The third-order valence-electron chi connectivity index (χ3n) is 6.40. The number of phosphoric acid groups is 1. The van der Waals surface area contributed by atoms with Gasteiger partial charge in [0.05, 0.1) is 6.04 Å². The van der Waals surface area contributed by atoms with Crippen LogP contribution in [0.3, 0.4) is 0 Å². The number of nitrogens with zero attached hydrogens (tertiary/aromatic N) is 1. The zero-order chi connectivity index (χ0) is 29.9. The number of carbonyl (C=O) groups is 3. The van der Waals surface area contributed by atoms with E-state index in [4.69, 9.17) is 15.5 Å². The molecular formula is C28H41N4O7P. The smallest absolute Gasteiger partial charge is 0.404 e. The molecule has 0 heterocycles. The summed E-state index contributed by atoms with van der Waals surface area (Å²) in [6, 6.07) is 11.5. The lowest BCUT2D eigenvalue weighted by molar-refractivity contribution is -0.137. The van der Waals surface area contributed by atoms with Gasteiger partial charge in [0.15, 0.2) is 0 Å². The molecule has 0 aliphatic carbocycles. The van der Waals surface area contributed by atoms with Gasteiger partial charge in [0.2, 0.25) is 17.7 Å². The van der Waals surface area contributed by atoms with Crippen molar-refractivity contribution in [2.75, 3.05) is 18.9 Å². The van der Waals surface area contributed by atoms with Crippen molar-refractivity contribution in [1.29, 1.82) is 0 Å². The maximum absolute atomic E-state index is 13.0. The quantitative estimate of drug-likeness (QED) is 0.201. The highest BCUT2D eigenvalue weighted by atomic mass is 31.2. The second-order valence-corrected chi connectivity index (χ2v) is 11.4. The van der Waals surface area contributed by atoms with Crippen LogP contribution in [0, 0.1) is 5.92 Å². The summed E-state index contributed by atoms with van der Waals surface area (Å²) in [4.78, 5) is 57.1. The van der Waals surface area contributed by atoms with Crippen molar-refractivity contribution in [3.8, 4) is 5.75 Å². The number of aryl methyl sites for hydroxylation is 1. The van der Waals surface area contributed by atoms with Gasteiger partial charge in [-0.1, -0.05) is 44.2 Å². The molecule has 0 aliphatic rings. The van der Waals surface area contributed by atoms with Gasteiger partial charge < -0.3 is 25.8 Å². The Morgan fingerprint density at radius 3 is 2.33 bits per heavy atom. The Balaban J connectivity index is 1.90. The van der Waals surface area contributed by atoms with E-state index in [9.17, 15) is 18.9 Å². The number of carbonyl (C=O) groups excluding carboxylic acids is 3. The van der Waals surface area contributed by atoms with Crippen LogP contribution in [0.5, 0.6) is 5.75 Å². The molecule has 2 atom stereocenters. The zero-order valence-corrected chi connectivity index (χ0v) is 24.4. The number of nitrogens with one attached hydrogen (secondary N) is 2. The van der Waals surface area contributed by atoms with Crippen LogP contribution in [0.2, 0.25) is 0 Å². The molecule has 0 saturated heterocycles. The van der Waals surface area contributed by atoms with Crippen LogP contribution in [0.4, 0.5) is 5.69 Å². The predicted molar refractivity (Wildman–Crippen MR) is 153 cm³/mol. The molecule has 0 radical (unpaired) electrons. The molecule has 6 N–H and O–H groups in total. The summed E-state index contributed by atoms with van der Waals surface area (Å²) in [7, 11) is -3.16. The molecule has 12 heteroatoms. The van der Waals surface area contributed by atoms with Crippen LogP contribution in [0.1, 0.15) is 51.2 Å². The Morgan fingerprint density at radius 2 is 1.70 bits per heavy atom. The summed E-state index contributed by atoms with van der Waals surface area (Å²) >= 11 is 0. The fourth-order valence-electron chi connectivity index (χ4n) is 3.92. The molecule has 0 saturated carbocycles. The largest absolute Gasteiger partial charge is 0.524 e. The Labute approximate surface area is 235 Å². The molecule has 0 aliphatic heterocycles. The van der Waals surface area contributed by atoms with E-state index in [2.05, 4.69) is 29.0 Å². The Hall–Kier alpha value is -3.24. The summed E-state index contributed by atoms with van der Waals surface area (Å²) in [5.41, 5.74) is 8.30. The summed E-state index contributed by atoms with van der Waals surface area (Å²) in [6.45, 7) is 6.49. The minimum atomic E-state index is -4.66. The lowest BCUT2D eigenvalue weighted by atomic mass is 10.0. The van der Waals surface area contributed by atoms with Crippen molar-refractivity contribution >= 4 is 31.2 Å². The van der Waals surface area contributed by atoms with Gasteiger partial charge >= 0.3 is 7.82 Å². The van der Waals surface area contributed by atoms with Gasteiger partial charge in [0.25, 0.3) is 0 Å². The van der Waals surface area contributed by atoms with Gasteiger partial charge in [-0.15, -0.1) is 0 Å². The van der Waals surface area contributed by atoms with Crippen molar-refractivity contribution in [3.63, 3.8) is 0 Å². The summed E-state index contributed by atoms with van der Waals surface area (Å²) in [5, 5.41) is 5.82. The number of benzene rings is 2. The fraction of sp³-hybridized carbons (Fsp3) is 0.464. The number of nitrogens with two attached hydrogens (primary N) is 1. The number of hydrogen-bond donors (Lipinski definition) is 5. The summed E-state index contributed by atoms with van der Waals surface area (Å²) in [5.74, 6) is -0.279. The van der Waals surface area contributed by atoms with Gasteiger partial charge in [-0.3, -0.25) is 24.2 Å². The fourth-order valence-corrected chi connectivity index (χ4v) is 4.32. The molecule has 0 bridgehead atoms. The molecule has 0 aromatic heterocycles. The van der Waals surface area contributed by atoms with Gasteiger partial charge in [0.1, 0.15) is 11.8 Å². The molecule has 0 unspecified atom stereocenters. The van der Waals surface area contributed by atoms with E-state index in [1.807, 2.05) is 18.2 Å². The van der Waals surface area contributed by atoms with Crippen LogP contribution in [-0.4, -0.2) is 58.1 Å². The van der Waals surface area contributed by atoms with Gasteiger partial charge in [-0.2, -0.15) is 0 Å². The van der Waals surface area contributed by atoms with Crippen LogP contribution < -0.4 is 20.9 Å². The number of anilines is 1. The molecule has 3 amide bonds. The van der Waals surface area contributed by atoms with Crippen molar-refractivity contribution in [1.82, 2.24) is 10.2 Å². The van der Waals surface area contributed by atoms with Crippen LogP contribution in [0.25, 0.3) is 0 Å². The molecule has 0 spiro atoms. The van der Waals surface area contributed by atoms with Gasteiger partial charge in [-0.05, 0) is 67.9 Å². The Kier molecular flexibility index (Phi) is 12.8. The summed E-state index contributed by atoms with van der Waals surface area (Å²) < 4.78 is 15.5. The van der Waals surface area contributed by atoms with E-state index in [1.165, 1.54) is 24.1 Å². The zero-order valence-electron chi connectivity index (χ0n) is 23.5. The number of phosphoric ester groups is 1. The Bertz CT molecular complexity index is 1180. The highest BCUT2D eigenvalue weighted by molar-refractivity contribution is 7.46. The molecule has 2 aromatic carbocycles. The van der Waals surface area contributed by atoms with Crippen molar-refractivity contribution in [2.45, 2.75) is 65.0 Å². The normalized spacial score (nSPS) is 12.9. The Morgan fingerprint density at radius 1 is 1.05 bits per heavy atom. The molecule has 0 fully saturated rings. The maximum atomic E-state index is 13.0. The molecule has 11 nitrogen and oxygen atoms in total. The third kappa shape index (κ3) is 11.5. The average molecular weight is 577 g/mol. The first-order chi connectivity index (χ1) is 18.8. The van der Waals surface area contributed by atoms with Crippen LogP contribution in [-0.2, 0) is 31.8 Å². The average Bonchev–Trinajstić information content (AvgIpc) is 2.88. The second-order valence-electron chi connectivity index (χ2n) is 10.2. The summed E-state index contributed by atoms with van der Waals surface area (Å²) in [6.07, 6.45) is 2.73. The van der Waals surface area contributed by atoms with E-state index in [0.29, 0.717) is 43.0 Å². The minimum Gasteiger partial charge on any atom is -0.404 e. The number of likely N-dealkylation sites (N-methyl/N-ethyl adjacent to an activating group) is 1. The highest BCUT2D eigenvalue weighted by Crippen LogP contribution is 2.37. The molecule has 40 heavy (non-hydrogen) atoms. The molecule has 2 rings (SSSR count). The van der Waals surface area contributed by atoms with Crippen molar-refractivity contribution < 1.29 is 33.3 Å². The number of para-hydroxylation sites is 1. The SMILES string of the molecule is CC(C)CCNC(=O)CCCc1ccccc1NC(=O)[C@H](C)N(C)C(=O)[C@@H](N)Cc1ccc(OP(=O)(O)O)cc1. The first kappa shape index (κ1) is 33.0. The van der Waals surface area contributed by atoms with E-state index < -0.39 is 25.8 Å². The first-order valence-electron chi connectivity index (χ1n) is 13.3. The topological polar surface area (TPSA) is 171 Å². The first-order valence-corrected chi connectivity index (χ1v) is 14.8. The van der Waals surface area contributed by atoms with E-state index in [1.54, 1.807) is 25.1 Å². The minimum absolute atomic E-state index is 0.00965. The third-order valence-corrected chi connectivity index (χ3v) is 6.85. The van der Waals surface area contributed by atoms with Crippen molar-refractivity contribution in [2.24, 2.45) is 11.7 Å². The predicted octanol–water partition coefficient (Wildman–Crippen LogP) is 3.00. The lowest BCUT2D eigenvalue weighted by Crippen LogP contribution is -2.50. The molecule has 2 aromatic rings. The molecule has 220 valence electrons. The van der Waals surface area contributed by atoms with Crippen LogP contribution >= 0.6 is 7.82 Å². The van der Waals surface area contributed by atoms with Gasteiger partial charge in [-0.25, -0.2) is 4.57 Å². The van der Waals surface area contributed by atoms with E-state index in [0.717, 1.165) is 12.0 Å². The number of amides is 3. The maximum Gasteiger partial charge on any atom is 0.524 e. The standard InChI is InChI=1S/C28H41N4O7P/c1-19(2)16-17-30-26(33)11-7-9-22-8-5-6-10-25(22)31-27(34)20(3)32(4)28(35)24(29)18-21-12-14-23(15-13-21)39-40(36,37)38/h5-6,8,10,12-15,19-20,24H,7,9,11,16-18,29H2,1-4H3,(H,30,33)(H,31,34)(H2,36,37,38)/t20-,24-/m0/s1. The lowest BCUT2D eigenvalue weighted by Gasteiger charge is -2.27. The van der Waals surface area contributed by atoms with Crippen molar-refractivity contribution in [3.05, 3.63) is 59.7 Å². The van der Waals surface area contributed by atoms with Gasteiger partial charge in [0, 0.05) is 25.7 Å². The van der Waals surface area contributed by atoms with E-state index >= 15 is 0 Å². The van der Waals surface area contributed by atoms with E-state index in [-0.39, 0.29) is 24.0 Å². The number of hydrogen-bond acceptors (Lipinski definition) is 6. The monoisotopic (exact) mass is 576 g/mol. The highest BCUT2D eigenvalue weighted by Gasteiger charge is 2.27. The van der Waals surface area contributed by atoms with Crippen LogP contribution in [0.15, 0.2) is 48.5 Å². The molecular weight excluding hydrogens is 535 g/mol. The number of rotatable bonds is 15.